The molecule has 0 nitrogen and oxygen atoms in total. The van der Waals surface area contributed by atoms with Gasteiger partial charge in [0.05, 0.1) is 0 Å². The first kappa shape index (κ1) is 33.6. The molecule has 4 heteroatoms. The van der Waals surface area contributed by atoms with Crippen molar-refractivity contribution >= 4 is 10.1 Å². The summed E-state index contributed by atoms with van der Waals surface area (Å²) in [5.41, 5.74) is 0. The van der Waals surface area contributed by atoms with Crippen LogP contribution in [0.5, 0.6) is 0 Å². The van der Waals surface area contributed by atoms with Gasteiger partial charge in [-0.25, -0.2) is 0 Å². The van der Waals surface area contributed by atoms with Gasteiger partial charge in [0.2, 0.25) is 0 Å². The minimum absolute atomic E-state index is 0. The van der Waals surface area contributed by atoms with Gasteiger partial charge in [0.25, 0.3) is 0 Å². The summed E-state index contributed by atoms with van der Waals surface area (Å²) in [4.78, 5) is 0. The van der Waals surface area contributed by atoms with Crippen LogP contribution in [-0.4, -0.2) is 10.1 Å². The van der Waals surface area contributed by atoms with Crippen LogP contribution in [0.3, 0.4) is 0 Å². The van der Waals surface area contributed by atoms with Crippen LogP contribution >= 0.6 is 0 Å². The fraction of sp³-hybridized carbons (Fsp3) is 0. The molecule has 4 heavy (non-hydrogen) atoms. The molecular formula is H2BeFeTiZr. The van der Waals surface area contributed by atoms with Crippen LogP contribution in [0, 0.1) is 0 Å². The first-order valence-corrected chi connectivity index (χ1v) is 0. The van der Waals surface area contributed by atoms with Crippen LogP contribution < -0.4 is 0 Å². The summed E-state index contributed by atoms with van der Waals surface area (Å²) in [6.07, 6.45) is 0. The van der Waals surface area contributed by atoms with E-state index >= 15 is 0 Å². The molecule has 0 saturated carbocycles. The van der Waals surface area contributed by atoms with Crippen LogP contribution in [0.1, 0.15) is 0 Å². The predicted octanol–water partition coefficient (Wildman–Crippen LogP) is -0.924. The van der Waals surface area contributed by atoms with E-state index < -0.39 is 0 Å². The average molecular weight is 206 g/mol. The largest absolute Gasteiger partial charge is 0 e. The maximum atomic E-state index is 0. The van der Waals surface area contributed by atoms with E-state index in [1.54, 1.807) is 0 Å². The Balaban J connectivity index is 0. The molecule has 0 N–H and O–H groups in total. The Kier molecular flexibility index (Phi) is 156. The Bertz CT molecular complexity index is 8.00. The third-order valence-electron chi connectivity index (χ3n) is 0. The molecule has 0 aromatic carbocycles. The van der Waals surface area contributed by atoms with E-state index in [0.29, 0.717) is 0 Å². The fourth-order valence-electron chi connectivity index (χ4n) is 0. The van der Waals surface area contributed by atoms with Gasteiger partial charge in [0.15, 0.2) is 0 Å². The molecule has 0 bridgehead atoms. The molecule has 0 aliphatic carbocycles. The smallest absolute Gasteiger partial charge is 0 e. The van der Waals surface area contributed by atoms with Crippen LogP contribution in [0.4, 0.5) is 0 Å². The van der Waals surface area contributed by atoms with Crippen LogP contribution in [0.25, 0.3) is 0 Å². The van der Waals surface area contributed by atoms with E-state index in [9.17, 15) is 0 Å². The quantitative estimate of drug-likeness (QED) is 0.449. The summed E-state index contributed by atoms with van der Waals surface area (Å²) >= 11 is 0. The van der Waals surface area contributed by atoms with E-state index in [1.807, 2.05) is 0 Å². The van der Waals surface area contributed by atoms with Crippen LogP contribution in [0.15, 0.2) is 0 Å². The maximum Gasteiger partial charge on any atom is 0 e. The maximum absolute atomic E-state index is 0. The molecule has 0 saturated heterocycles. The minimum atomic E-state index is 0. The zero-order valence-corrected chi connectivity index (χ0v) is 6.48. The van der Waals surface area contributed by atoms with Gasteiger partial charge < -0.3 is 0 Å². The Labute approximate surface area is 74.2 Å². The molecule has 0 amide bonds. The summed E-state index contributed by atoms with van der Waals surface area (Å²) in [5.74, 6) is 0. The van der Waals surface area contributed by atoms with E-state index in [0.717, 1.165) is 0 Å². The van der Waals surface area contributed by atoms with Crippen molar-refractivity contribution in [3.8, 4) is 0 Å². The van der Waals surface area contributed by atoms with Gasteiger partial charge in [-0.2, -0.15) is 0 Å². The van der Waals surface area contributed by atoms with Crippen LogP contribution in [-0.2, 0) is 65.0 Å². The van der Waals surface area contributed by atoms with Crippen molar-refractivity contribution in [3.05, 3.63) is 0 Å². The van der Waals surface area contributed by atoms with E-state index in [-0.39, 0.29) is 75.1 Å². The van der Waals surface area contributed by atoms with Crippen LogP contribution in [0.2, 0.25) is 0 Å². The van der Waals surface area contributed by atoms with Crippen molar-refractivity contribution in [2.24, 2.45) is 0 Å². The third-order valence-corrected chi connectivity index (χ3v) is 0. The molecular weight excluding hydrogens is 204 g/mol. The SMILES string of the molecule is [BeH2].[Fe].[Ti].[Zr]. The Morgan fingerprint density at radius 3 is 1.00 bits per heavy atom. The normalized spacial score (nSPS) is 0. The molecule has 0 radical (unpaired) electrons. The Morgan fingerprint density at radius 1 is 1.00 bits per heavy atom. The first-order chi connectivity index (χ1) is 0. The molecule has 0 fully saturated rings. The summed E-state index contributed by atoms with van der Waals surface area (Å²) in [6, 6.07) is 0. The zero-order valence-electron chi connectivity index (χ0n) is 1.35. The molecule has 0 rings (SSSR count). The van der Waals surface area contributed by atoms with Crippen molar-refractivity contribution in [1.29, 1.82) is 0 Å². The molecule has 0 aliphatic rings. The molecule has 0 spiro atoms. The second-order valence-corrected chi connectivity index (χ2v) is 0. The topological polar surface area (TPSA) is 0 Å². The van der Waals surface area contributed by atoms with Crippen molar-refractivity contribution in [2.45, 2.75) is 0 Å². The van der Waals surface area contributed by atoms with Gasteiger partial charge in [0.1, 0.15) is 0 Å². The summed E-state index contributed by atoms with van der Waals surface area (Å²) in [6.45, 7) is 0. The molecule has 20 valence electrons. The van der Waals surface area contributed by atoms with Crippen molar-refractivity contribution in [1.82, 2.24) is 0 Å². The molecule has 0 aliphatic heterocycles. The first-order valence-electron chi connectivity index (χ1n) is 0. The standard InChI is InChI=1S/Be.Fe.Ti.Zr.2H. The van der Waals surface area contributed by atoms with E-state index in [4.69, 9.17) is 0 Å². The van der Waals surface area contributed by atoms with Gasteiger partial charge in [-0.3, -0.25) is 0 Å². The van der Waals surface area contributed by atoms with Crippen molar-refractivity contribution in [2.75, 3.05) is 0 Å². The second kappa shape index (κ2) is 18.6. The van der Waals surface area contributed by atoms with Crippen molar-refractivity contribution < 1.29 is 65.0 Å². The van der Waals surface area contributed by atoms with Crippen molar-refractivity contribution in [3.63, 3.8) is 0 Å². The molecule has 0 aromatic rings. The van der Waals surface area contributed by atoms with E-state index in [1.165, 1.54) is 0 Å². The zero-order chi connectivity index (χ0) is 0. The number of hydrogen-bond acceptors (Lipinski definition) is 0. The second-order valence-electron chi connectivity index (χ2n) is 0. The molecule has 0 atom stereocenters. The van der Waals surface area contributed by atoms with Gasteiger partial charge >= 0.3 is 10.1 Å². The van der Waals surface area contributed by atoms with E-state index in [2.05, 4.69) is 0 Å². The Morgan fingerprint density at radius 2 is 1.00 bits per heavy atom. The molecule has 0 aromatic heterocycles. The van der Waals surface area contributed by atoms with Gasteiger partial charge in [-0.15, -0.1) is 0 Å². The summed E-state index contributed by atoms with van der Waals surface area (Å²) in [7, 11) is 0. The Hall–Kier alpha value is 2.29. The summed E-state index contributed by atoms with van der Waals surface area (Å²) < 4.78 is 0. The van der Waals surface area contributed by atoms with Gasteiger partial charge in [0, 0.05) is 65.0 Å². The monoisotopic (exact) mass is 205 g/mol. The summed E-state index contributed by atoms with van der Waals surface area (Å²) in [5, 5.41) is 0. The predicted molar refractivity (Wildman–Crippen MR) is 8.54 cm³/mol. The number of rotatable bonds is 0. The number of hydrogen-bond donors (Lipinski definition) is 0. The third kappa shape index (κ3) is 8.86. The minimum Gasteiger partial charge on any atom is 0 e. The molecule has 0 heterocycles. The fourth-order valence-corrected chi connectivity index (χ4v) is 0. The van der Waals surface area contributed by atoms with Gasteiger partial charge in [-0.05, 0) is 0 Å². The van der Waals surface area contributed by atoms with Gasteiger partial charge in [-0.1, -0.05) is 0 Å². The molecule has 0 unspecified atom stereocenters. The average Bonchev–Trinajstić information content (AvgIpc) is 0.